The number of anilines is 1. The van der Waals surface area contributed by atoms with Crippen LogP contribution in [0.4, 0.5) is 5.69 Å². The Hall–Kier alpha value is -2.04. The molecule has 0 aliphatic carbocycles. The normalized spacial score (nSPS) is 15.1. The van der Waals surface area contributed by atoms with E-state index in [0.29, 0.717) is 13.0 Å². The van der Waals surface area contributed by atoms with Gasteiger partial charge >= 0.3 is 0 Å². The molecule has 24 heavy (non-hydrogen) atoms. The Morgan fingerprint density at radius 3 is 2.79 bits per heavy atom. The molecule has 1 N–H and O–H groups in total. The summed E-state index contributed by atoms with van der Waals surface area (Å²) in [6.45, 7) is 3.33. The summed E-state index contributed by atoms with van der Waals surface area (Å²) in [5, 5.41) is 10.5. The minimum atomic E-state index is -0.468. The van der Waals surface area contributed by atoms with Crippen molar-refractivity contribution in [3.8, 4) is 5.75 Å². The van der Waals surface area contributed by atoms with Gasteiger partial charge < -0.3 is 19.6 Å². The zero-order valence-corrected chi connectivity index (χ0v) is 14.5. The van der Waals surface area contributed by atoms with Crippen molar-refractivity contribution in [3.63, 3.8) is 0 Å². The molecule has 4 nitrogen and oxygen atoms in total. The Labute approximate surface area is 144 Å². The zero-order valence-electron chi connectivity index (χ0n) is 14.5. The topological polar surface area (TPSA) is 35.9 Å². The molecule has 1 unspecified atom stereocenters. The summed E-state index contributed by atoms with van der Waals surface area (Å²) in [4.78, 5) is 4.42. The molecule has 1 aliphatic heterocycles. The van der Waals surface area contributed by atoms with Crippen LogP contribution in [0.5, 0.6) is 5.75 Å². The summed E-state index contributed by atoms with van der Waals surface area (Å²) in [6, 6.07) is 16.4. The van der Waals surface area contributed by atoms with E-state index < -0.39 is 6.10 Å². The Kier molecular flexibility index (Phi) is 5.38. The Morgan fingerprint density at radius 1 is 1.21 bits per heavy atom. The van der Waals surface area contributed by atoms with Crippen molar-refractivity contribution in [1.29, 1.82) is 0 Å². The summed E-state index contributed by atoms with van der Waals surface area (Å²) in [5.41, 5.74) is 3.32. The summed E-state index contributed by atoms with van der Waals surface area (Å²) in [6.07, 6.45) is 0.238. The lowest BCUT2D eigenvalue weighted by atomic mass is 10.0. The van der Waals surface area contributed by atoms with Gasteiger partial charge in [0.15, 0.2) is 0 Å². The number of benzene rings is 2. The van der Waals surface area contributed by atoms with Gasteiger partial charge in [0.25, 0.3) is 0 Å². The number of nitrogens with zero attached hydrogens (tertiary/aromatic N) is 2. The highest BCUT2D eigenvalue weighted by atomic mass is 16.5. The number of aliphatic hydroxyl groups is 1. The molecule has 1 heterocycles. The maximum absolute atomic E-state index is 10.5. The molecule has 2 aromatic carbocycles. The second kappa shape index (κ2) is 7.69. The predicted octanol–water partition coefficient (Wildman–Crippen LogP) is 3.07. The van der Waals surface area contributed by atoms with Gasteiger partial charge in [-0.1, -0.05) is 36.4 Å². The van der Waals surface area contributed by atoms with E-state index in [4.69, 9.17) is 4.74 Å². The molecule has 3 rings (SSSR count). The second-order valence-corrected chi connectivity index (χ2v) is 6.53. The summed E-state index contributed by atoms with van der Waals surface area (Å²) >= 11 is 0. The highest BCUT2D eigenvalue weighted by Crippen LogP contribution is 2.33. The third-order valence-corrected chi connectivity index (χ3v) is 4.54. The highest BCUT2D eigenvalue weighted by Gasteiger charge is 2.17. The monoisotopic (exact) mass is 326 g/mol. The van der Waals surface area contributed by atoms with Crippen molar-refractivity contribution in [2.24, 2.45) is 0 Å². The lowest BCUT2D eigenvalue weighted by Gasteiger charge is -2.28. The lowest BCUT2D eigenvalue weighted by Crippen LogP contribution is -2.28. The molecule has 0 spiro atoms. The van der Waals surface area contributed by atoms with Gasteiger partial charge in [0, 0.05) is 20.1 Å². The summed E-state index contributed by atoms with van der Waals surface area (Å²) < 4.78 is 5.73. The molecule has 128 valence electrons. The van der Waals surface area contributed by atoms with Crippen molar-refractivity contribution in [1.82, 2.24) is 4.90 Å². The van der Waals surface area contributed by atoms with Crippen LogP contribution in [-0.2, 0) is 6.54 Å². The number of likely N-dealkylation sites (N-methyl/N-ethyl adjacent to an activating group) is 1. The molecule has 0 bridgehead atoms. The number of aliphatic hydroxyl groups excluding tert-OH is 1. The van der Waals surface area contributed by atoms with Crippen LogP contribution < -0.4 is 9.64 Å². The van der Waals surface area contributed by atoms with E-state index in [1.807, 2.05) is 24.3 Å². The molecule has 1 aliphatic rings. The number of hydrogen-bond acceptors (Lipinski definition) is 4. The highest BCUT2D eigenvalue weighted by molar-refractivity contribution is 5.60. The van der Waals surface area contributed by atoms with Gasteiger partial charge in [-0.2, -0.15) is 0 Å². The van der Waals surface area contributed by atoms with Crippen LogP contribution in [0, 0.1) is 0 Å². The molecule has 0 radical (unpaired) electrons. The molecule has 0 amide bonds. The quantitative estimate of drug-likeness (QED) is 0.885. The number of hydrogen-bond donors (Lipinski definition) is 1. The van der Waals surface area contributed by atoms with Crippen molar-refractivity contribution < 1.29 is 9.84 Å². The van der Waals surface area contributed by atoms with E-state index >= 15 is 0 Å². The van der Waals surface area contributed by atoms with Crippen molar-refractivity contribution in [3.05, 3.63) is 59.7 Å². The van der Waals surface area contributed by atoms with E-state index in [9.17, 15) is 5.11 Å². The number of rotatable bonds is 6. The molecule has 0 saturated carbocycles. The third-order valence-electron chi connectivity index (χ3n) is 4.54. The van der Waals surface area contributed by atoms with E-state index in [2.05, 4.69) is 48.2 Å². The second-order valence-electron chi connectivity index (χ2n) is 6.53. The van der Waals surface area contributed by atoms with E-state index in [0.717, 1.165) is 36.6 Å². The van der Waals surface area contributed by atoms with Gasteiger partial charge in [-0.15, -0.1) is 0 Å². The minimum Gasteiger partial charge on any atom is -0.490 e. The third kappa shape index (κ3) is 4.08. The standard InChI is InChI=1S/C20H26N2O2/c1-21(15-16-6-4-3-5-7-16)11-10-19(23)17-8-9-18-20(14-17)24-13-12-22(18)2/h3-9,14,19,23H,10-13,15H2,1-2H3. The fourth-order valence-electron chi connectivity index (χ4n) is 3.07. The zero-order chi connectivity index (χ0) is 16.9. The smallest absolute Gasteiger partial charge is 0.143 e. The van der Waals surface area contributed by atoms with Crippen LogP contribution in [0.15, 0.2) is 48.5 Å². The number of ether oxygens (including phenoxy) is 1. The average molecular weight is 326 g/mol. The average Bonchev–Trinajstić information content (AvgIpc) is 2.60. The van der Waals surface area contributed by atoms with E-state index in [1.165, 1.54) is 5.56 Å². The van der Waals surface area contributed by atoms with E-state index in [-0.39, 0.29) is 0 Å². The fraction of sp³-hybridized carbons (Fsp3) is 0.400. The molecule has 1 atom stereocenters. The van der Waals surface area contributed by atoms with E-state index in [1.54, 1.807) is 0 Å². The molecule has 0 saturated heterocycles. The maximum atomic E-state index is 10.5. The van der Waals surface area contributed by atoms with Crippen LogP contribution in [-0.4, -0.2) is 43.8 Å². The summed E-state index contributed by atoms with van der Waals surface area (Å²) in [7, 11) is 4.15. The van der Waals surface area contributed by atoms with Gasteiger partial charge in [0.1, 0.15) is 12.4 Å². The largest absolute Gasteiger partial charge is 0.490 e. The molecular weight excluding hydrogens is 300 g/mol. The van der Waals surface area contributed by atoms with Crippen LogP contribution in [0.1, 0.15) is 23.7 Å². The summed E-state index contributed by atoms with van der Waals surface area (Å²) in [5.74, 6) is 0.873. The first-order valence-corrected chi connectivity index (χ1v) is 8.52. The SMILES string of the molecule is CN(CCC(O)c1ccc2c(c1)OCCN2C)Cc1ccccc1. The Balaban J connectivity index is 1.56. The van der Waals surface area contributed by atoms with Gasteiger partial charge in [0.05, 0.1) is 18.3 Å². The van der Waals surface area contributed by atoms with Crippen LogP contribution in [0.25, 0.3) is 0 Å². The molecule has 4 heteroatoms. The molecule has 2 aromatic rings. The van der Waals surface area contributed by atoms with Crippen LogP contribution in [0.3, 0.4) is 0 Å². The number of fused-ring (bicyclic) bond motifs is 1. The Bertz CT molecular complexity index is 660. The van der Waals surface area contributed by atoms with Crippen LogP contribution >= 0.6 is 0 Å². The molecular formula is C20H26N2O2. The van der Waals surface area contributed by atoms with Crippen LogP contribution in [0.2, 0.25) is 0 Å². The first-order chi connectivity index (χ1) is 11.6. The van der Waals surface area contributed by atoms with Gasteiger partial charge in [-0.3, -0.25) is 0 Å². The molecule has 0 aromatic heterocycles. The van der Waals surface area contributed by atoms with Gasteiger partial charge in [-0.05, 0) is 36.7 Å². The lowest BCUT2D eigenvalue weighted by molar-refractivity contribution is 0.147. The van der Waals surface area contributed by atoms with Gasteiger partial charge in [0.2, 0.25) is 0 Å². The first-order valence-electron chi connectivity index (χ1n) is 8.52. The minimum absolute atomic E-state index is 0.468. The maximum Gasteiger partial charge on any atom is 0.143 e. The predicted molar refractivity (Wildman–Crippen MR) is 97.6 cm³/mol. The van der Waals surface area contributed by atoms with Gasteiger partial charge in [-0.25, -0.2) is 0 Å². The molecule has 0 fully saturated rings. The Morgan fingerprint density at radius 2 is 2.00 bits per heavy atom. The first kappa shape index (κ1) is 16.8. The van der Waals surface area contributed by atoms with Crippen molar-refractivity contribution >= 4 is 5.69 Å². The fourth-order valence-corrected chi connectivity index (χ4v) is 3.07. The van der Waals surface area contributed by atoms with Crippen molar-refractivity contribution in [2.45, 2.75) is 19.1 Å². The van der Waals surface area contributed by atoms with Crippen molar-refractivity contribution in [2.75, 3.05) is 38.7 Å².